The number of fused-ring (bicyclic) bond motifs is 10. The number of aromatic amines is 1. The van der Waals surface area contributed by atoms with Crippen LogP contribution in [0.3, 0.4) is 0 Å². The molecule has 6 heteroatoms. The molecule has 2 N–H and O–H groups in total. The molecule has 0 aliphatic rings. The molecule has 0 radical (unpaired) electrons. The molecule has 0 fully saturated rings. The molecule has 25 heavy (non-hydrogen) atoms. The van der Waals surface area contributed by atoms with E-state index in [0.717, 1.165) is 27.3 Å². The SMILES string of the molecule is O=c1[nH]c(O)c2c1c1c3ccccc3nc1c1nc3ccccc3n12. The molecule has 6 rings (SSSR count). The van der Waals surface area contributed by atoms with Crippen LogP contribution in [0.5, 0.6) is 5.88 Å². The number of imidazole rings is 1. The van der Waals surface area contributed by atoms with Crippen LogP contribution in [-0.4, -0.2) is 24.5 Å². The Hall–Kier alpha value is -3.67. The Morgan fingerprint density at radius 3 is 2.56 bits per heavy atom. The zero-order valence-corrected chi connectivity index (χ0v) is 12.8. The van der Waals surface area contributed by atoms with Crippen molar-refractivity contribution in [3.05, 3.63) is 58.9 Å². The van der Waals surface area contributed by atoms with E-state index in [1.54, 1.807) is 0 Å². The van der Waals surface area contributed by atoms with E-state index in [1.807, 2.05) is 52.9 Å². The third kappa shape index (κ3) is 1.38. The molecule has 0 bridgehead atoms. The maximum absolute atomic E-state index is 12.6. The number of hydrogen-bond acceptors (Lipinski definition) is 4. The summed E-state index contributed by atoms with van der Waals surface area (Å²) in [6, 6.07) is 15.3. The van der Waals surface area contributed by atoms with Crippen LogP contribution in [0.1, 0.15) is 0 Å². The van der Waals surface area contributed by atoms with Crippen LogP contribution >= 0.6 is 0 Å². The summed E-state index contributed by atoms with van der Waals surface area (Å²) >= 11 is 0. The van der Waals surface area contributed by atoms with Gasteiger partial charge in [-0.15, -0.1) is 0 Å². The summed E-state index contributed by atoms with van der Waals surface area (Å²) in [6.45, 7) is 0. The van der Waals surface area contributed by atoms with Crippen LogP contribution in [0.4, 0.5) is 0 Å². The second kappa shape index (κ2) is 4.05. The van der Waals surface area contributed by atoms with Crippen LogP contribution in [0.2, 0.25) is 0 Å². The van der Waals surface area contributed by atoms with E-state index in [4.69, 9.17) is 9.97 Å². The Labute approximate surface area is 139 Å². The van der Waals surface area contributed by atoms with Crippen molar-refractivity contribution in [1.82, 2.24) is 19.4 Å². The van der Waals surface area contributed by atoms with Crippen molar-refractivity contribution in [2.75, 3.05) is 0 Å². The predicted octanol–water partition coefficient (Wildman–Crippen LogP) is 3.17. The summed E-state index contributed by atoms with van der Waals surface area (Å²) in [5.41, 5.74) is 3.84. The summed E-state index contributed by atoms with van der Waals surface area (Å²) in [7, 11) is 0. The van der Waals surface area contributed by atoms with Gasteiger partial charge in [-0.3, -0.25) is 14.2 Å². The van der Waals surface area contributed by atoms with Crippen molar-refractivity contribution in [3.8, 4) is 5.88 Å². The van der Waals surface area contributed by atoms with Crippen molar-refractivity contribution in [2.24, 2.45) is 0 Å². The van der Waals surface area contributed by atoms with Crippen molar-refractivity contribution in [1.29, 1.82) is 0 Å². The average molecular weight is 326 g/mol. The summed E-state index contributed by atoms with van der Waals surface area (Å²) in [5.74, 6) is -0.152. The monoisotopic (exact) mass is 326 g/mol. The molecule has 6 nitrogen and oxygen atoms in total. The summed E-state index contributed by atoms with van der Waals surface area (Å²) in [4.78, 5) is 24.5. The highest BCUT2D eigenvalue weighted by Crippen LogP contribution is 2.37. The van der Waals surface area contributed by atoms with E-state index >= 15 is 0 Å². The van der Waals surface area contributed by atoms with Gasteiger partial charge in [0.2, 0.25) is 5.88 Å². The maximum atomic E-state index is 12.6. The fraction of sp³-hybridized carbons (Fsp3) is 0. The van der Waals surface area contributed by atoms with Gasteiger partial charge in [-0.25, -0.2) is 9.97 Å². The summed E-state index contributed by atoms with van der Waals surface area (Å²) < 4.78 is 1.81. The van der Waals surface area contributed by atoms with Crippen LogP contribution in [0.15, 0.2) is 53.3 Å². The third-order valence-electron chi connectivity index (χ3n) is 4.81. The molecule has 0 saturated carbocycles. The Bertz CT molecular complexity index is 1530. The largest absolute Gasteiger partial charge is 0.493 e. The van der Waals surface area contributed by atoms with E-state index in [0.29, 0.717) is 22.1 Å². The van der Waals surface area contributed by atoms with Crippen LogP contribution in [0, 0.1) is 0 Å². The number of H-pyrrole nitrogens is 1. The van der Waals surface area contributed by atoms with Gasteiger partial charge >= 0.3 is 0 Å². The van der Waals surface area contributed by atoms with Gasteiger partial charge in [-0.1, -0.05) is 30.3 Å². The van der Waals surface area contributed by atoms with Gasteiger partial charge < -0.3 is 5.11 Å². The van der Waals surface area contributed by atoms with Gasteiger partial charge in [0, 0.05) is 10.8 Å². The fourth-order valence-electron chi connectivity index (χ4n) is 3.82. The maximum Gasteiger partial charge on any atom is 0.261 e. The van der Waals surface area contributed by atoms with Crippen molar-refractivity contribution >= 4 is 49.4 Å². The first-order valence-electron chi connectivity index (χ1n) is 7.90. The lowest BCUT2D eigenvalue weighted by molar-refractivity contribution is 0.460. The van der Waals surface area contributed by atoms with Crippen molar-refractivity contribution in [2.45, 2.75) is 0 Å². The lowest BCUT2D eigenvalue weighted by Gasteiger charge is -2.01. The quantitative estimate of drug-likeness (QED) is 0.449. The normalized spacial score (nSPS) is 12.3. The zero-order valence-electron chi connectivity index (χ0n) is 12.8. The highest BCUT2D eigenvalue weighted by atomic mass is 16.3. The molecule has 2 aromatic carbocycles. The number of aromatic nitrogens is 4. The molecule has 0 amide bonds. The fourth-order valence-corrected chi connectivity index (χ4v) is 3.82. The molecule has 0 aliphatic carbocycles. The average Bonchev–Trinajstić information content (AvgIpc) is 3.26. The number of nitrogens with zero attached hydrogens (tertiary/aromatic N) is 3. The number of hydrogen-bond donors (Lipinski definition) is 2. The first-order chi connectivity index (χ1) is 12.2. The number of para-hydroxylation sites is 3. The molecule has 0 aliphatic heterocycles. The molecule has 118 valence electrons. The van der Waals surface area contributed by atoms with Crippen LogP contribution in [0.25, 0.3) is 49.4 Å². The first-order valence-corrected chi connectivity index (χ1v) is 7.90. The number of nitrogens with one attached hydrogen (secondary N) is 1. The number of rotatable bonds is 0. The number of pyridine rings is 1. The third-order valence-corrected chi connectivity index (χ3v) is 4.81. The molecule has 6 aromatic rings. The standard InChI is InChI=1S/C19H10N4O2/c24-18-14-13-9-5-1-2-6-10(9)20-15(13)17-21-11-7-3-4-8-12(11)23(17)16(14)19(25)22-18/h1-8,25H,(H,22,24). The van der Waals surface area contributed by atoms with E-state index in [2.05, 4.69) is 4.98 Å². The van der Waals surface area contributed by atoms with E-state index in [9.17, 15) is 9.90 Å². The molecule has 0 unspecified atom stereocenters. The van der Waals surface area contributed by atoms with E-state index in [-0.39, 0.29) is 11.4 Å². The van der Waals surface area contributed by atoms with Crippen molar-refractivity contribution < 1.29 is 5.11 Å². The van der Waals surface area contributed by atoms with Gasteiger partial charge in [-0.05, 0) is 18.2 Å². The van der Waals surface area contributed by atoms with Gasteiger partial charge in [0.15, 0.2) is 5.65 Å². The van der Waals surface area contributed by atoms with Crippen molar-refractivity contribution in [3.63, 3.8) is 0 Å². The molecular weight excluding hydrogens is 316 g/mol. The van der Waals surface area contributed by atoms with E-state index < -0.39 is 0 Å². The predicted molar refractivity (Wildman–Crippen MR) is 96.5 cm³/mol. The van der Waals surface area contributed by atoms with Crippen LogP contribution in [-0.2, 0) is 0 Å². The Kier molecular flexibility index (Phi) is 2.06. The minimum absolute atomic E-state index is 0.152. The molecule has 0 spiro atoms. The van der Waals surface area contributed by atoms with E-state index in [1.165, 1.54) is 0 Å². The topological polar surface area (TPSA) is 83.3 Å². The lowest BCUT2D eigenvalue weighted by atomic mass is 10.1. The van der Waals surface area contributed by atoms with Gasteiger partial charge in [-0.2, -0.15) is 0 Å². The molecule has 0 atom stereocenters. The first kappa shape index (κ1) is 12.7. The lowest BCUT2D eigenvalue weighted by Crippen LogP contribution is -1.99. The zero-order chi connectivity index (χ0) is 16.7. The smallest absolute Gasteiger partial charge is 0.261 e. The second-order valence-electron chi connectivity index (χ2n) is 6.14. The van der Waals surface area contributed by atoms with Gasteiger partial charge in [0.1, 0.15) is 11.0 Å². The minimum Gasteiger partial charge on any atom is -0.493 e. The highest BCUT2D eigenvalue weighted by Gasteiger charge is 2.23. The summed E-state index contributed by atoms with van der Waals surface area (Å²) in [5, 5.41) is 12.5. The Balaban J connectivity index is 2.12. The molecule has 4 aromatic heterocycles. The Morgan fingerprint density at radius 1 is 0.920 bits per heavy atom. The van der Waals surface area contributed by atoms with Gasteiger partial charge in [0.25, 0.3) is 5.56 Å². The summed E-state index contributed by atoms with van der Waals surface area (Å²) in [6.07, 6.45) is 0. The number of aromatic hydroxyl groups is 1. The molecule has 4 heterocycles. The minimum atomic E-state index is -0.324. The molecular formula is C19H10N4O2. The highest BCUT2D eigenvalue weighted by molar-refractivity contribution is 6.24. The number of benzene rings is 2. The Morgan fingerprint density at radius 2 is 1.68 bits per heavy atom. The molecule has 0 saturated heterocycles. The van der Waals surface area contributed by atoms with Gasteiger partial charge in [0.05, 0.1) is 21.9 Å². The van der Waals surface area contributed by atoms with Crippen LogP contribution < -0.4 is 5.56 Å². The second-order valence-corrected chi connectivity index (χ2v) is 6.14.